The van der Waals surface area contributed by atoms with Crippen molar-refractivity contribution in [3.63, 3.8) is 0 Å². The zero-order valence-corrected chi connectivity index (χ0v) is 17.2. The molecular formula is C26H27N3. The third-order valence-corrected chi connectivity index (χ3v) is 6.10. The summed E-state index contributed by atoms with van der Waals surface area (Å²) >= 11 is 0. The molecule has 0 aliphatic carbocycles. The van der Waals surface area contributed by atoms with Gasteiger partial charge in [0.2, 0.25) is 0 Å². The molecule has 0 unspecified atom stereocenters. The number of hydrogen-bond donors (Lipinski definition) is 0. The monoisotopic (exact) mass is 381 g/mol. The highest BCUT2D eigenvalue weighted by atomic mass is 15.2. The Balaban J connectivity index is 1.46. The highest BCUT2D eigenvalue weighted by molar-refractivity contribution is 6.20. The minimum Gasteiger partial charge on any atom is -0.298 e. The third kappa shape index (κ3) is 3.51. The normalized spacial score (nSPS) is 17.3. The molecule has 2 aliphatic rings. The van der Waals surface area contributed by atoms with Crippen molar-refractivity contribution in [1.82, 2.24) is 4.90 Å². The summed E-state index contributed by atoms with van der Waals surface area (Å²) in [6.45, 7) is 8.58. The van der Waals surface area contributed by atoms with Crippen molar-refractivity contribution in [2.24, 2.45) is 15.9 Å². The van der Waals surface area contributed by atoms with E-state index in [0.29, 0.717) is 6.54 Å². The van der Waals surface area contributed by atoms with Gasteiger partial charge >= 0.3 is 0 Å². The fourth-order valence-electron chi connectivity index (χ4n) is 4.47. The van der Waals surface area contributed by atoms with Crippen LogP contribution in [0.25, 0.3) is 10.8 Å². The van der Waals surface area contributed by atoms with Crippen LogP contribution in [0.2, 0.25) is 0 Å². The average Bonchev–Trinajstić information content (AvgIpc) is 3.23. The van der Waals surface area contributed by atoms with Gasteiger partial charge in [0.25, 0.3) is 0 Å². The van der Waals surface area contributed by atoms with E-state index in [-0.39, 0.29) is 0 Å². The van der Waals surface area contributed by atoms with Crippen molar-refractivity contribution in [1.29, 1.82) is 0 Å². The third-order valence-electron chi connectivity index (χ3n) is 6.10. The maximum Gasteiger partial charge on any atom is 0.155 e. The standard InChI is InChI=1S/C26H27N3/c1-3-19-8-10-20(11-9-19)25-14-27-26(28-25)24-13-12-21(17-29-15-18(2)16-29)22-6-4-5-7-23(22)24/h4-13,18H,3,14-17H2,1-2H3. The molecule has 2 aliphatic heterocycles. The molecule has 0 atom stereocenters. The van der Waals surface area contributed by atoms with Gasteiger partial charge in [-0.1, -0.05) is 74.5 Å². The number of likely N-dealkylation sites (tertiary alicyclic amines) is 1. The van der Waals surface area contributed by atoms with Gasteiger partial charge in [0.1, 0.15) is 0 Å². The second-order valence-corrected chi connectivity index (χ2v) is 8.37. The van der Waals surface area contributed by atoms with Gasteiger partial charge in [0.15, 0.2) is 5.84 Å². The SMILES string of the molecule is CCc1ccc(C2=NC(c3ccc(CN4CC(C)C4)c4ccccc34)=NC2)cc1. The smallest absolute Gasteiger partial charge is 0.155 e. The number of hydrogen-bond acceptors (Lipinski definition) is 3. The summed E-state index contributed by atoms with van der Waals surface area (Å²) in [6, 6.07) is 21.9. The average molecular weight is 382 g/mol. The minimum atomic E-state index is 0.655. The van der Waals surface area contributed by atoms with Gasteiger partial charge in [0, 0.05) is 25.2 Å². The molecule has 0 saturated carbocycles. The largest absolute Gasteiger partial charge is 0.298 e. The Morgan fingerprint density at radius 1 is 0.931 bits per heavy atom. The molecule has 1 saturated heterocycles. The minimum absolute atomic E-state index is 0.655. The van der Waals surface area contributed by atoms with Crippen LogP contribution < -0.4 is 0 Å². The zero-order chi connectivity index (χ0) is 19.8. The van der Waals surface area contributed by atoms with Crippen LogP contribution in [0.3, 0.4) is 0 Å². The van der Waals surface area contributed by atoms with E-state index in [9.17, 15) is 0 Å². The van der Waals surface area contributed by atoms with Gasteiger partial charge in [-0.15, -0.1) is 0 Å². The van der Waals surface area contributed by atoms with Crippen LogP contribution in [0.15, 0.2) is 70.6 Å². The van der Waals surface area contributed by atoms with Crippen molar-refractivity contribution in [2.45, 2.75) is 26.8 Å². The number of rotatable bonds is 5. The molecule has 0 aromatic heterocycles. The maximum atomic E-state index is 4.92. The maximum absolute atomic E-state index is 4.92. The quantitative estimate of drug-likeness (QED) is 0.604. The fraction of sp³-hybridized carbons (Fsp3) is 0.308. The van der Waals surface area contributed by atoms with Crippen molar-refractivity contribution in [2.75, 3.05) is 19.6 Å². The summed E-state index contributed by atoms with van der Waals surface area (Å²) in [6.07, 6.45) is 1.06. The van der Waals surface area contributed by atoms with E-state index in [2.05, 4.69) is 79.4 Å². The molecule has 3 aromatic rings. The lowest BCUT2D eigenvalue weighted by Gasteiger charge is -2.37. The van der Waals surface area contributed by atoms with E-state index in [1.54, 1.807) is 0 Å². The molecule has 0 bridgehead atoms. The van der Waals surface area contributed by atoms with Crippen molar-refractivity contribution in [3.05, 3.63) is 82.9 Å². The first kappa shape index (κ1) is 18.3. The number of aryl methyl sites for hydroxylation is 1. The van der Waals surface area contributed by atoms with Crippen LogP contribution in [0, 0.1) is 5.92 Å². The highest BCUT2D eigenvalue weighted by Crippen LogP contribution is 2.28. The lowest BCUT2D eigenvalue weighted by molar-refractivity contribution is 0.105. The molecule has 0 amide bonds. The van der Waals surface area contributed by atoms with Crippen LogP contribution in [0.5, 0.6) is 0 Å². The molecule has 0 N–H and O–H groups in total. The molecule has 29 heavy (non-hydrogen) atoms. The number of aliphatic imine (C=N–C) groups is 2. The summed E-state index contributed by atoms with van der Waals surface area (Å²) in [5.74, 6) is 1.69. The van der Waals surface area contributed by atoms with Gasteiger partial charge in [-0.2, -0.15) is 0 Å². The number of benzene rings is 3. The Morgan fingerprint density at radius 3 is 2.41 bits per heavy atom. The molecule has 146 valence electrons. The lowest BCUT2D eigenvalue weighted by Crippen LogP contribution is -2.44. The topological polar surface area (TPSA) is 28.0 Å². The Kier molecular flexibility index (Phi) is 4.76. The van der Waals surface area contributed by atoms with E-state index < -0.39 is 0 Å². The molecule has 3 aromatic carbocycles. The lowest BCUT2D eigenvalue weighted by atomic mass is 9.96. The van der Waals surface area contributed by atoms with Crippen LogP contribution in [0.4, 0.5) is 0 Å². The van der Waals surface area contributed by atoms with E-state index in [1.165, 1.54) is 40.6 Å². The first-order valence-corrected chi connectivity index (χ1v) is 10.7. The van der Waals surface area contributed by atoms with Gasteiger partial charge in [-0.25, -0.2) is 4.99 Å². The van der Waals surface area contributed by atoms with Crippen molar-refractivity contribution >= 4 is 22.3 Å². The van der Waals surface area contributed by atoms with Crippen LogP contribution in [0.1, 0.15) is 36.1 Å². The Labute approximate surface area is 172 Å². The van der Waals surface area contributed by atoms with Gasteiger partial charge in [-0.3, -0.25) is 9.89 Å². The highest BCUT2D eigenvalue weighted by Gasteiger charge is 2.23. The zero-order valence-electron chi connectivity index (χ0n) is 17.2. The Bertz CT molecular complexity index is 1100. The molecule has 1 fully saturated rings. The van der Waals surface area contributed by atoms with Gasteiger partial charge < -0.3 is 0 Å². The van der Waals surface area contributed by atoms with Gasteiger partial charge in [0.05, 0.1) is 12.3 Å². The van der Waals surface area contributed by atoms with E-state index in [0.717, 1.165) is 36.0 Å². The van der Waals surface area contributed by atoms with E-state index in [4.69, 9.17) is 9.98 Å². The molecule has 0 spiro atoms. The molecule has 5 rings (SSSR count). The van der Waals surface area contributed by atoms with Gasteiger partial charge in [-0.05, 0) is 39.8 Å². The summed E-state index contributed by atoms with van der Waals surface area (Å²) in [4.78, 5) is 12.2. The Morgan fingerprint density at radius 2 is 1.69 bits per heavy atom. The number of nitrogens with zero attached hydrogens (tertiary/aromatic N) is 3. The summed E-state index contributed by atoms with van der Waals surface area (Å²) in [5, 5.41) is 2.58. The van der Waals surface area contributed by atoms with Crippen LogP contribution in [-0.4, -0.2) is 36.1 Å². The van der Waals surface area contributed by atoms with E-state index in [1.807, 2.05) is 0 Å². The number of amidine groups is 1. The van der Waals surface area contributed by atoms with Crippen molar-refractivity contribution < 1.29 is 0 Å². The predicted molar refractivity (Wildman–Crippen MR) is 122 cm³/mol. The molecule has 0 radical (unpaired) electrons. The van der Waals surface area contributed by atoms with Crippen molar-refractivity contribution in [3.8, 4) is 0 Å². The fourth-order valence-corrected chi connectivity index (χ4v) is 4.47. The van der Waals surface area contributed by atoms with Crippen LogP contribution in [-0.2, 0) is 13.0 Å². The summed E-state index contributed by atoms with van der Waals surface area (Å²) < 4.78 is 0. The summed E-state index contributed by atoms with van der Waals surface area (Å²) in [5.41, 5.74) is 6.13. The molecular weight excluding hydrogens is 354 g/mol. The molecule has 2 heterocycles. The first-order valence-electron chi connectivity index (χ1n) is 10.7. The van der Waals surface area contributed by atoms with E-state index >= 15 is 0 Å². The first-order chi connectivity index (χ1) is 14.2. The molecule has 3 heteroatoms. The van der Waals surface area contributed by atoms with Crippen LogP contribution >= 0.6 is 0 Å². The summed E-state index contributed by atoms with van der Waals surface area (Å²) in [7, 11) is 0. The Hall–Kier alpha value is -2.78. The number of fused-ring (bicyclic) bond motifs is 1. The second-order valence-electron chi connectivity index (χ2n) is 8.37. The molecule has 3 nitrogen and oxygen atoms in total. The predicted octanol–water partition coefficient (Wildman–Crippen LogP) is 5.10. The second kappa shape index (κ2) is 7.57.